The van der Waals surface area contributed by atoms with Crippen molar-refractivity contribution in [1.29, 1.82) is 0 Å². The summed E-state index contributed by atoms with van der Waals surface area (Å²) in [4.78, 5) is 18.6. The number of aryl methyl sites for hydroxylation is 1. The van der Waals surface area contributed by atoms with E-state index in [1.165, 1.54) is 11.1 Å². The molecule has 0 aliphatic carbocycles. The molecule has 2 N–H and O–H groups in total. The zero-order valence-electron chi connectivity index (χ0n) is 21.1. The first-order chi connectivity index (χ1) is 17.3. The number of benzene rings is 3. The number of hydrogen-bond acceptors (Lipinski definition) is 4. The number of nitrogens with one attached hydrogen (secondary N) is 2. The van der Waals surface area contributed by atoms with Crippen LogP contribution in [-0.4, -0.2) is 22.1 Å². The molecule has 5 rings (SSSR count). The topological polar surface area (TPSA) is 59.0 Å². The summed E-state index contributed by atoms with van der Waals surface area (Å²) in [6.07, 6.45) is 1.55. The lowest BCUT2D eigenvalue weighted by atomic mass is 9.87. The van der Waals surface area contributed by atoms with Crippen LogP contribution in [0.5, 0.6) is 0 Å². The fourth-order valence-electron chi connectivity index (χ4n) is 5.35. The Balaban J connectivity index is 1.50. The van der Waals surface area contributed by atoms with Gasteiger partial charge < -0.3 is 0 Å². The molecule has 36 heavy (non-hydrogen) atoms. The highest BCUT2D eigenvalue weighted by Gasteiger charge is 2.39. The third-order valence-electron chi connectivity index (χ3n) is 7.11. The van der Waals surface area contributed by atoms with E-state index in [1.54, 1.807) is 18.2 Å². The molecule has 1 aliphatic heterocycles. The number of aromatic nitrogens is 2. The Labute approximate surface area is 217 Å². The minimum absolute atomic E-state index is 0.0262. The molecule has 4 aromatic rings. The Hall–Kier alpha value is -2.99. The quantitative estimate of drug-likeness (QED) is 0.356. The predicted molar refractivity (Wildman–Crippen MR) is 147 cm³/mol. The minimum Gasteiger partial charge on any atom is -0.294 e. The van der Waals surface area contributed by atoms with Gasteiger partial charge in [-0.1, -0.05) is 78.7 Å². The fraction of sp³-hybridized carbons (Fsp3) is 0.333. The van der Waals surface area contributed by atoms with E-state index in [-0.39, 0.29) is 17.1 Å². The van der Waals surface area contributed by atoms with E-state index in [4.69, 9.17) is 16.6 Å². The zero-order valence-corrected chi connectivity index (χ0v) is 21.8. The summed E-state index contributed by atoms with van der Waals surface area (Å²) < 4.78 is 1.83. The van der Waals surface area contributed by atoms with Crippen LogP contribution in [0.4, 0.5) is 0 Å². The Morgan fingerprint density at radius 2 is 1.86 bits per heavy atom. The summed E-state index contributed by atoms with van der Waals surface area (Å²) in [5, 5.41) is 8.74. The second-order valence-electron chi connectivity index (χ2n) is 10.3. The van der Waals surface area contributed by atoms with Gasteiger partial charge in [0.25, 0.3) is 5.56 Å². The highest BCUT2D eigenvalue weighted by Crippen LogP contribution is 2.31. The smallest absolute Gasteiger partial charge is 0.261 e. The molecule has 186 valence electrons. The van der Waals surface area contributed by atoms with Crippen molar-refractivity contribution in [3.05, 3.63) is 111 Å². The molecule has 2 heterocycles. The Kier molecular flexibility index (Phi) is 6.98. The molecule has 1 aliphatic rings. The number of rotatable bonds is 7. The molecule has 3 atom stereocenters. The molecule has 3 aromatic carbocycles. The molecule has 0 amide bonds. The lowest BCUT2D eigenvalue weighted by molar-refractivity contribution is 0.257. The second-order valence-corrected chi connectivity index (χ2v) is 10.7. The van der Waals surface area contributed by atoms with Crippen LogP contribution in [0.2, 0.25) is 5.02 Å². The summed E-state index contributed by atoms with van der Waals surface area (Å²) in [6.45, 7) is 7.96. The lowest BCUT2D eigenvalue weighted by Gasteiger charge is -2.34. The van der Waals surface area contributed by atoms with Crippen molar-refractivity contribution in [3.8, 4) is 0 Å². The maximum absolute atomic E-state index is 13.6. The first-order valence-corrected chi connectivity index (χ1v) is 13.0. The Morgan fingerprint density at radius 1 is 1.11 bits per heavy atom. The van der Waals surface area contributed by atoms with Crippen LogP contribution >= 0.6 is 11.6 Å². The lowest BCUT2D eigenvalue weighted by Crippen LogP contribution is -2.48. The van der Waals surface area contributed by atoms with Gasteiger partial charge in [-0.05, 0) is 55.5 Å². The molecule has 1 aromatic heterocycles. The maximum atomic E-state index is 13.6. The van der Waals surface area contributed by atoms with Crippen molar-refractivity contribution in [2.45, 2.75) is 51.9 Å². The van der Waals surface area contributed by atoms with Crippen molar-refractivity contribution in [3.63, 3.8) is 0 Å². The van der Waals surface area contributed by atoms with Crippen LogP contribution in [0.25, 0.3) is 10.9 Å². The van der Waals surface area contributed by atoms with Gasteiger partial charge in [0.05, 0.1) is 23.1 Å². The van der Waals surface area contributed by atoms with Crippen molar-refractivity contribution in [2.75, 3.05) is 6.54 Å². The molecule has 1 fully saturated rings. The summed E-state index contributed by atoms with van der Waals surface area (Å²) in [6, 6.07) is 24.5. The monoisotopic (exact) mass is 500 g/mol. The van der Waals surface area contributed by atoms with Crippen molar-refractivity contribution in [1.82, 2.24) is 20.2 Å². The average Bonchev–Trinajstić information content (AvgIpc) is 3.23. The number of fused-ring (bicyclic) bond motifs is 1. The van der Waals surface area contributed by atoms with Crippen molar-refractivity contribution in [2.24, 2.45) is 5.92 Å². The van der Waals surface area contributed by atoms with Crippen LogP contribution in [0.15, 0.2) is 77.6 Å². The molecule has 0 radical (unpaired) electrons. The molecule has 0 saturated carbocycles. The SMILES string of the molecule is Cc1ccc(C2(CC(C)Cc3nc4cc(Cl)ccc4c(=O)n3Cc3ccccc3)NC[C@H](C)N2)cc1. The molecule has 1 saturated heterocycles. The number of hydrogen-bond donors (Lipinski definition) is 2. The molecular formula is C30H33ClN4O. The highest BCUT2D eigenvalue weighted by molar-refractivity contribution is 6.31. The first-order valence-electron chi connectivity index (χ1n) is 12.7. The van der Waals surface area contributed by atoms with Gasteiger partial charge in [-0.3, -0.25) is 20.0 Å². The molecule has 5 nitrogen and oxygen atoms in total. The summed E-state index contributed by atoms with van der Waals surface area (Å²) in [7, 11) is 0. The normalized spacial score (nSPS) is 20.6. The van der Waals surface area contributed by atoms with Crippen molar-refractivity contribution < 1.29 is 0 Å². The van der Waals surface area contributed by atoms with Gasteiger partial charge in [0.1, 0.15) is 5.82 Å². The van der Waals surface area contributed by atoms with Gasteiger partial charge in [0.2, 0.25) is 0 Å². The second kappa shape index (κ2) is 10.2. The van der Waals surface area contributed by atoms with Crippen LogP contribution in [0, 0.1) is 12.8 Å². The van der Waals surface area contributed by atoms with Gasteiger partial charge in [-0.15, -0.1) is 0 Å². The Morgan fingerprint density at radius 3 is 2.56 bits per heavy atom. The molecule has 6 heteroatoms. The van der Waals surface area contributed by atoms with Gasteiger partial charge in [0.15, 0.2) is 0 Å². The summed E-state index contributed by atoms with van der Waals surface area (Å²) in [5.41, 5.74) is 3.88. The summed E-state index contributed by atoms with van der Waals surface area (Å²) in [5.74, 6) is 1.04. The largest absolute Gasteiger partial charge is 0.294 e. The molecule has 0 spiro atoms. The van der Waals surface area contributed by atoms with Crippen LogP contribution in [-0.2, 0) is 18.6 Å². The standard InChI is InChI=1S/C30H33ClN4O/c1-20-9-11-24(12-10-20)30(32-18-22(3)34-30)17-21(2)15-28-33-27-16-25(31)13-14-26(27)29(36)35(28)19-23-7-5-4-6-8-23/h4-14,16,21-22,32,34H,15,17-19H2,1-3H3/t21?,22-,30?/m0/s1. The summed E-state index contributed by atoms with van der Waals surface area (Å²) >= 11 is 6.26. The Bertz CT molecular complexity index is 1420. The van der Waals surface area contributed by atoms with E-state index >= 15 is 0 Å². The van der Waals surface area contributed by atoms with E-state index in [2.05, 4.69) is 55.7 Å². The molecular weight excluding hydrogens is 468 g/mol. The van der Waals surface area contributed by atoms with Gasteiger partial charge in [-0.2, -0.15) is 0 Å². The average molecular weight is 501 g/mol. The van der Waals surface area contributed by atoms with Crippen LogP contribution in [0.3, 0.4) is 0 Å². The predicted octanol–water partition coefficient (Wildman–Crippen LogP) is 5.41. The van der Waals surface area contributed by atoms with E-state index in [0.29, 0.717) is 34.9 Å². The molecule has 0 bridgehead atoms. The van der Waals surface area contributed by atoms with Gasteiger partial charge in [-0.25, -0.2) is 4.98 Å². The van der Waals surface area contributed by atoms with Gasteiger partial charge in [0, 0.05) is 24.0 Å². The first kappa shape index (κ1) is 24.7. The highest BCUT2D eigenvalue weighted by atomic mass is 35.5. The van der Waals surface area contributed by atoms with E-state index < -0.39 is 0 Å². The third kappa shape index (κ3) is 5.10. The van der Waals surface area contributed by atoms with Crippen LogP contribution < -0.4 is 16.2 Å². The number of halogens is 1. The van der Waals surface area contributed by atoms with E-state index in [9.17, 15) is 4.79 Å². The van der Waals surface area contributed by atoms with Gasteiger partial charge >= 0.3 is 0 Å². The van der Waals surface area contributed by atoms with Crippen molar-refractivity contribution >= 4 is 22.5 Å². The van der Waals surface area contributed by atoms with Crippen LogP contribution in [0.1, 0.15) is 42.8 Å². The van der Waals surface area contributed by atoms with E-state index in [1.807, 2.05) is 34.9 Å². The third-order valence-corrected chi connectivity index (χ3v) is 7.35. The fourth-order valence-corrected chi connectivity index (χ4v) is 5.52. The zero-order chi connectivity index (χ0) is 25.3. The van der Waals surface area contributed by atoms with E-state index in [0.717, 1.165) is 24.4 Å². The molecule has 2 unspecified atom stereocenters. The number of nitrogens with zero attached hydrogens (tertiary/aromatic N) is 2. The maximum Gasteiger partial charge on any atom is 0.261 e. The minimum atomic E-state index is -0.308.